The van der Waals surface area contributed by atoms with E-state index in [-0.39, 0.29) is 5.46 Å². The number of ether oxygens (including phenoxy) is 1. The smallest absolute Gasteiger partial charge is 0.481 e. The van der Waals surface area contributed by atoms with Gasteiger partial charge < -0.3 is 14.0 Å². The van der Waals surface area contributed by atoms with Crippen LogP contribution in [-0.4, -0.2) is 30.4 Å². The lowest BCUT2D eigenvalue weighted by atomic mass is 9.76. The van der Waals surface area contributed by atoms with E-state index in [0.717, 1.165) is 7.11 Å². The molecule has 0 N–H and O–H groups in total. The molecule has 0 aliphatic carbocycles. The number of hydrogen-bond acceptors (Lipinski definition) is 4. The second-order valence-corrected chi connectivity index (χ2v) is 5.87. The summed E-state index contributed by atoms with van der Waals surface area (Å²) in [4.78, 5) is 3.62. The van der Waals surface area contributed by atoms with Gasteiger partial charge in [0.1, 0.15) is 5.56 Å². The third-order valence-corrected chi connectivity index (χ3v) is 3.93. The summed E-state index contributed by atoms with van der Waals surface area (Å²) in [5.41, 5.74) is -2.55. The summed E-state index contributed by atoms with van der Waals surface area (Å²) < 4.78 is 56.0. The summed E-state index contributed by atoms with van der Waals surface area (Å²) in [7, 11) is 0.0227. The van der Waals surface area contributed by atoms with Gasteiger partial charge in [-0.3, -0.25) is 0 Å². The molecule has 0 amide bonds. The van der Waals surface area contributed by atoms with E-state index in [1.807, 2.05) is 0 Å². The summed E-state index contributed by atoms with van der Waals surface area (Å²) in [6.07, 6.45) is -3.37. The molecule has 2 rings (SSSR count). The van der Waals surface area contributed by atoms with Gasteiger partial charge in [0, 0.05) is 11.7 Å². The Morgan fingerprint density at radius 1 is 1.14 bits per heavy atom. The maximum atomic E-state index is 13.3. The molecule has 0 aromatic carbocycles. The lowest BCUT2D eigenvalue weighted by Gasteiger charge is -2.32. The van der Waals surface area contributed by atoms with Crippen LogP contribution in [0.25, 0.3) is 0 Å². The average molecular weight is 303 g/mol. The second-order valence-electron chi connectivity index (χ2n) is 5.87. The van der Waals surface area contributed by atoms with Crippen LogP contribution < -0.4 is 10.2 Å². The number of halogens is 3. The Kier molecular flexibility index (Phi) is 3.74. The lowest BCUT2D eigenvalue weighted by Crippen LogP contribution is -2.41. The van der Waals surface area contributed by atoms with Crippen molar-refractivity contribution in [3.05, 3.63) is 17.8 Å². The van der Waals surface area contributed by atoms with E-state index in [1.165, 1.54) is 12.3 Å². The molecule has 1 aliphatic rings. The van der Waals surface area contributed by atoms with Gasteiger partial charge in [0.15, 0.2) is 0 Å². The van der Waals surface area contributed by atoms with Crippen molar-refractivity contribution < 1.29 is 27.2 Å². The van der Waals surface area contributed by atoms with Crippen LogP contribution in [0.5, 0.6) is 5.88 Å². The number of methoxy groups -OCH3 is 1. The predicted octanol–water partition coefficient (Wildman–Crippen LogP) is 2.41. The zero-order valence-electron chi connectivity index (χ0n) is 12.5. The molecule has 8 heteroatoms. The summed E-state index contributed by atoms with van der Waals surface area (Å²) >= 11 is 0. The van der Waals surface area contributed by atoms with E-state index in [2.05, 4.69) is 4.98 Å². The summed E-state index contributed by atoms with van der Waals surface area (Å²) in [5, 5.41) is 0. The van der Waals surface area contributed by atoms with Gasteiger partial charge in [-0.15, -0.1) is 0 Å². The molecule has 1 fully saturated rings. The van der Waals surface area contributed by atoms with E-state index in [1.54, 1.807) is 27.7 Å². The minimum atomic E-state index is -4.61. The first-order valence-corrected chi connectivity index (χ1v) is 6.45. The molecule has 2 heterocycles. The Morgan fingerprint density at radius 3 is 2.10 bits per heavy atom. The molecule has 1 aliphatic heterocycles. The Labute approximate surface area is 121 Å². The van der Waals surface area contributed by atoms with Gasteiger partial charge in [-0.1, -0.05) is 0 Å². The molecule has 0 atom stereocenters. The quantitative estimate of drug-likeness (QED) is 0.787. The highest BCUT2D eigenvalue weighted by atomic mass is 19.4. The van der Waals surface area contributed by atoms with E-state index in [4.69, 9.17) is 14.0 Å². The number of alkyl halides is 3. The number of hydrogen-bond donors (Lipinski definition) is 0. The first-order valence-electron chi connectivity index (χ1n) is 6.45. The molecule has 0 unspecified atom stereocenters. The zero-order chi connectivity index (χ0) is 16.1. The zero-order valence-corrected chi connectivity index (χ0v) is 12.5. The van der Waals surface area contributed by atoms with Gasteiger partial charge in [-0.05, 0) is 33.8 Å². The standard InChI is InChI=1S/C13H17BF3NO3/c1-11(2)12(3,4)21-14(20-11)8-6-7-18-10(19-5)9(8)13(15,16)17/h6-7H,1-5H3. The van der Waals surface area contributed by atoms with Crippen LogP contribution in [0.2, 0.25) is 0 Å². The molecule has 0 spiro atoms. The lowest BCUT2D eigenvalue weighted by molar-refractivity contribution is -0.138. The third kappa shape index (κ3) is 2.74. The highest BCUT2D eigenvalue weighted by Gasteiger charge is 2.54. The van der Waals surface area contributed by atoms with Crippen LogP contribution in [0.3, 0.4) is 0 Å². The third-order valence-electron chi connectivity index (χ3n) is 3.93. The topological polar surface area (TPSA) is 40.6 Å². The Morgan fingerprint density at radius 2 is 1.67 bits per heavy atom. The van der Waals surface area contributed by atoms with Gasteiger partial charge in [0.05, 0.1) is 18.3 Å². The molecule has 0 radical (unpaired) electrons. The van der Waals surface area contributed by atoms with Gasteiger partial charge in [-0.25, -0.2) is 4.98 Å². The van der Waals surface area contributed by atoms with Crippen LogP contribution >= 0.6 is 0 Å². The first kappa shape index (κ1) is 16.1. The number of nitrogens with zero attached hydrogens (tertiary/aromatic N) is 1. The maximum Gasteiger partial charge on any atom is 0.495 e. The SMILES string of the molecule is COc1nccc(B2OC(C)(C)C(C)(C)O2)c1C(F)(F)F. The van der Waals surface area contributed by atoms with E-state index in [9.17, 15) is 13.2 Å². The maximum absolute atomic E-state index is 13.3. The van der Waals surface area contributed by atoms with Crippen LogP contribution in [0, 0.1) is 0 Å². The van der Waals surface area contributed by atoms with Crippen LogP contribution in [0.4, 0.5) is 13.2 Å². The van der Waals surface area contributed by atoms with E-state index in [0.29, 0.717) is 0 Å². The highest BCUT2D eigenvalue weighted by molar-refractivity contribution is 6.62. The summed E-state index contributed by atoms with van der Waals surface area (Å²) in [5.74, 6) is -0.491. The minimum absolute atomic E-state index is 0.131. The van der Waals surface area contributed by atoms with Crippen molar-refractivity contribution in [2.24, 2.45) is 0 Å². The Bertz CT molecular complexity index is 530. The predicted molar refractivity (Wildman–Crippen MR) is 71.5 cm³/mol. The van der Waals surface area contributed by atoms with Gasteiger partial charge in [-0.2, -0.15) is 13.2 Å². The van der Waals surface area contributed by atoms with Gasteiger partial charge in [0.25, 0.3) is 0 Å². The Hall–Kier alpha value is -1.28. The molecular formula is C13H17BF3NO3. The van der Waals surface area contributed by atoms with Gasteiger partial charge in [0.2, 0.25) is 5.88 Å². The molecule has 116 valence electrons. The molecule has 4 nitrogen and oxygen atoms in total. The fourth-order valence-electron chi connectivity index (χ4n) is 2.06. The highest BCUT2D eigenvalue weighted by Crippen LogP contribution is 2.39. The van der Waals surface area contributed by atoms with E-state index >= 15 is 0 Å². The molecule has 1 aromatic rings. The van der Waals surface area contributed by atoms with Crippen molar-refractivity contribution in [1.29, 1.82) is 0 Å². The molecule has 0 saturated carbocycles. The number of aromatic nitrogens is 1. The normalized spacial score (nSPS) is 20.7. The number of pyridine rings is 1. The van der Waals surface area contributed by atoms with Crippen molar-refractivity contribution in [3.63, 3.8) is 0 Å². The van der Waals surface area contributed by atoms with Crippen molar-refractivity contribution in [2.75, 3.05) is 7.11 Å². The first-order chi connectivity index (χ1) is 9.49. The fourth-order valence-corrected chi connectivity index (χ4v) is 2.06. The van der Waals surface area contributed by atoms with E-state index < -0.39 is 35.9 Å². The Balaban J connectivity index is 2.52. The van der Waals surface area contributed by atoms with Crippen molar-refractivity contribution in [3.8, 4) is 5.88 Å². The monoisotopic (exact) mass is 303 g/mol. The molecule has 1 aromatic heterocycles. The minimum Gasteiger partial charge on any atom is -0.481 e. The second kappa shape index (κ2) is 4.88. The summed E-state index contributed by atoms with van der Waals surface area (Å²) in [6.45, 7) is 7.11. The van der Waals surface area contributed by atoms with Crippen molar-refractivity contribution in [2.45, 2.75) is 45.1 Å². The molecule has 0 bridgehead atoms. The molecular weight excluding hydrogens is 286 g/mol. The average Bonchev–Trinajstić information content (AvgIpc) is 2.56. The molecule has 21 heavy (non-hydrogen) atoms. The largest absolute Gasteiger partial charge is 0.495 e. The van der Waals surface area contributed by atoms with Crippen LogP contribution in [-0.2, 0) is 15.5 Å². The molecule has 1 saturated heterocycles. The van der Waals surface area contributed by atoms with Crippen LogP contribution in [0.1, 0.15) is 33.3 Å². The van der Waals surface area contributed by atoms with Gasteiger partial charge >= 0.3 is 13.3 Å². The van der Waals surface area contributed by atoms with Crippen molar-refractivity contribution in [1.82, 2.24) is 4.98 Å². The summed E-state index contributed by atoms with van der Waals surface area (Å²) in [6, 6.07) is 1.24. The fraction of sp³-hybridized carbons (Fsp3) is 0.615. The van der Waals surface area contributed by atoms with Crippen molar-refractivity contribution >= 4 is 12.6 Å². The van der Waals surface area contributed by atoms with Crippen LogP contribution in [0.15, 0.2) is 12.3 Å². The number of rotatable bonds is 2.